The summed E-state index contributed by atoms with van der Waals surface area (Å²) in [6.45, 7) is 6.02. The quantitative estimate of drug-likeness (QED) is 0.795. The summed E-state index contributed by atoms with van der Waals surface area (Å²) < 4.78 is 5.19. The standard InChI is InChI=1S/C12H21N3O2/c1-4-8(5-2)14-11(16)10-7-17-12(15-10)9(13)6-3/h7-9H,4-6,13H2,1-3H3,(H,14,16). The van der Waals surface area contributed by atoms with Gasteiger partial charge in [0.1, 0.15) is 6.26 Å². The Kier molecular flexibility index (Phi) is 5.15. The van der Waals surface area contributed by atoms with Gasteiger partial charge in [-0.1, -0.05) is 20.8 Å². The van der Waals surface area contributed by atoms with E-state index in [0.29, 0.717) is 11.6 Å². The molecule has 3 N–H and O–H groups in total. The van der Waals surface area contributed by atoms with Crippen molar-refractivity contribution < 1.29 is 9.21 Å². The summed E-state index contributed by atoms with van der Waals surface area (Å²) in [6, 6.07) is -0.0628. The highest BCUT2D eigenvalue weighted by molar-refractivity contribution is 5.92. The molecule has 0 aliphatic heterocycles. The molecule has 96 valence electrons. The highest BCUT2D eigenvalue weighted by atomic mass is 16.3. The number of nitrogens with two attached hydrogens (primary N) is 1. The molecule has 1 amide bonds. The van der Waals surface area contributed by atoms with Crippen molar-refractivity contribution in [2.24, 2.45) is 5.73 Å². The minimum Gasteiger partial charge on any atom is -0.446 e. The van der Waals surface area contributed by atoms with E-state index in [4.69, 9.17) is 10.2 Å². The summed E-state index contributed by atoms with van der Waals surface area (Å²) >= 11 is 0. The number of nitrogens with zero attached hydrogens (tertiary/aromatic N) is 1. The lowest BCUT2D eigenvalue weighted by molar-refractivity contribution is 0.0929. The summed E-state index contributed by atoms with van der Waals surface area (Å²) in [5, 5.41) is 2.90. The minimum atomic E-state index is -0.246. The van der Waals surface area contributed by atoms with Crippen LogP contribution in [0.1, 0.15) is 62.5 Å². The normalized spacial score (nSPS) is 12.8. The number of hydrogen-bond donors (Lipinski definition) is 2. The fraction of sp³-hybridized carbons (Fsp3) is 0.667. The number of nitrogens with one attached hydrogen (secondary N) is 1. The molecule has 17 heavy (non-hydrogen) atoms. The highest BCUT2D eigenvalue weighted by Gasteiger charge is 2.17. The van der Waals surface area contributed by atoms with Gasteiger partial charge < -0.3 is 15.5 Å². The monoisotopic (exact) mass is 239 g/mol. The Hall–Kier alpha value is -1.36. The van der Waals surface area contributed by atoms with Crippen LogP contribution in [0.5, 0.6) is 0 Å². The van der Waals surface area contributed by atoms with Crippen LogP contribution in [0.4, 0.5) is 0 Å². The van der Waals surface area contributed by atoms with Crippen molar-refractivity contribution in [1.29, 1.82) is 0 Å². The van der Waals surface area contributed by atoms with E-state index >= 15 is 0 Å². The number of oxazole rings is 1. The van der Waals surface area contributed by atoms with Crippen molar-refractivity contribution in [1.82, 2.24) is 10.3 Å². The lowest BCUT2D eigenvalue weighted by atomic mass is 10.2. The molecule has 1 aromatic rings. The zero-order chi connectivity index (χ0) is 12.8. The van der Waals surface area contributed by atoms with Gasteiger partial charge in [0.15, 0.2) is 5.69 Å². The number of amides is 1. The van der Waals surface area contributed by atoms with Crippen LogP contribution in [-0.4, -0.2) is 16.9 Å². The maximum atomic E-state index is 11.8. The van der Waals surface area contributed by atoms with Gasteiger partial charge in [-0.15, -0.1) is 0 Å². The molecule has 0 fully saturated rings. The average molecular weight is 239 g/mol. The zero-order valence-electron chi connectivity index (χ0n) is 10.7. The first kappa shape index (κ1) is 13.7. The van der Waals surface area contributed by atoms with Crippen molar-refractivity contribution >= 4 is 5.91 Å². The highest BCUT2D eigenvalue weighted by Crippen LogP contribution is 2.13. The molecule has 0 aliphatic carbocycles. The van der Waals surface area contributed by atoms with E-state index in [2.05, 4.69) is 10.3 Å². The fourth-order valence-corrected chi connectivity index (χ4v) is 1.49. The fourth-order valence-electron chi connectivity index (χ4n) is 1.49. The molecule has 0 saturated carbocycles. The van der Waals surface area contributed by atoms with Crippen molar-refractivity contribution in [2.45, 2.75) is 52.1 Å². The molecule has 5 heteroatoms. The molecule has 1 rings (SSSR count). The van der Waals surface area contributed by atoms with Gasteiger partial charge in [-0.2, -0.15) is 0 Å². The minimum absolute atomic E-state index is 0.183. The Labute approximate surface area is 102 Å². The first-order valence-electron chi connectivity index (χ1n) is 6.14. The van der Waals surface area contributed by atoms with Crippen LogP contribution in [0.25, 0.3) is 0 Å². The van der Waals surface area contributed by atoms with Gasteiger partial charge in [0.05, 0.1) is 6.04 Å². The number of carbonyl (C=O) groups excluding carboxylic acids is 1. The Morgan fingerprint density at radius 3 is 2.59 bits per heavy atom. The van der Waals surface area contributed by atoms with Crippen LogP contribution in [0, 0.1) is 0 Å². The topological polar surface area (TPSA) is 81.2 Å². The second kappa shape index (κ2) is 6.39. The molecular formula is C12H21N3O2. The van der Waals surface area contributed by atoms with Crippen LogP contribution in [-0.2, 0) is 0 Å². The third-order valence-electron chi connectivity index (χ3n) is 2.83. The zero-order valence-corrected chi connectivity index (χ0v) is 10.7. The Balaban J connectivity index is 2.66. The predicted molar refractivity (Wildman–Crippen MR) is 65.6 cm³/mol. The molecule has 1 atom stereocenters. The van der Waals surface area contributed by atoms with E-state index in [0.717, 1.165) is 19.3 Å². The van der Waals surface area contributed by atoms with Crippen LogP contribution in [0.2, 0.25) is 0 Å². The molecule has 1 unspecified atom stereocenters. The van der Waals surface area contributed by atoms with Crippen LogP contribution >= 0.6 is 0 Å². The summed E-state index contributed by atoms with van der Waals surface area (Å²) in [5.41, 5.74) is 6.08. The molecule has 1 aromatic heterocycles. The number of hydrogen-bond acceptors (Lipinski definition) is 4. The lowest BCUT2D eigenvalue weighted by Gasteiger charge is -2.12. The summed E-state index contributed by atoms with van der Waals surface area (Å²) in [6.07, 6.45) is 3.90. The second-order valence-electron chi connectivity index (χ2n) is 4.07. The first-order chi connectivity index (χ1) is 8.12. The van der Waals surface area contributed by atoms with Gasteiger partial charge in [-0.3, -0.25) is 4.79 Å². The van der Waals surface area contributed by atoms with E-state index in [9.17, 15) is 4.79 Å². The second-order valence-corrected chi connectivity index (χ2v) is 4.07. The predicted octanol–water partition coefficient (Wildman–Crippen LogP) is 2.00. The lowest BCUT2D eigenvalue weighted by Crippen LogP contribution is -2.34. The van der Waals surface area contributed by atoms with Gasteiger partial charge >= 0.3 is 0 Å². The van der Waals surface area contributed by atoms with Gasteiger partial charge in [-0.05, 0) is 19.3 Å². The summed E-state index contributed by atoms with van der Waals surface area (Å²) in [5.74, 6) is 0.221. The number of rotatable bonds is 6. The largest absolute Gasteiger partial charge is 0.446 e. The van der Waals surface area contributed by atoms with Crippen molar-refractivity contribution in [3.05, 3.63) is 17.8 Å². The van der Waals surface area contributed by atoms with E-state index in [1.54, 1.807) is 0 Å². The molecule has 1 heterocycles. The Morgan fingerprint density at radius 2 is 2.06 bits per heavy atom. The molecule has 0 bridgehead atoms. The Morgan fingerprint density at radius 1 is 1.41 bits per heavy atom. The molecule has 0 aromatic carbocycles. The van der Waals surface area contributed by atoms with E-state index in [1.807, 2.05) is 20.8 Å². The third kappa shape index (κ3) is 3.56. The maximum Gasteiger partial charge on any atom is 0.273 e. The van der Waals surface area contributed by atoms with Gasteiger partial charge in [-0.25, -0.2) is 4.98 Å². The van der Waals surface area contributed by atoms with E-state index < -0.39 is 0 Å². The van der Waals surface area contributed by atoms with Crippen molar-refractivity contribution in [3.8, 4) is 0 Å². The van der Waals surface area contributed by atoms with Gasteiger partial charge in [0, 0.05) is 6.04 Å². The van der Waals surface area contributed by atoms with Crippen LogP contribution in [0.15, 0.2) is 10.7 Å². The number of carbonyl (C=O) groups is 1. The molecular weight excluding hydrogens is 218 g/mol. The molecule has 0 radical (unpaired) electrons. The van der Waals surface area contributed by atoms with Gasteiger partial charge in [0.25, 0.3) is 5.91 Å². The van der Waals surface area contributed by atoms with E-state index in [-0.39, 0.29) is 18.0 Å². The first-order valence-corrected chi connectivity index (χ1v) is 6.14. The number of aromatic nitrogens is 1. The molecule has 0 aliphatic rings. The van der Waals surface area contributed by atoms with Crippen molar-refractivity contribution in [3.63, 3.8) is 0 Å². The maximum absolute atomic E-state index is 11.8. The average Bonchev–Trinajstić information content (AvgIpc) is 2.84. The third-order valence-corrected chi connectivity index (χ3v) is 2.83. The van der Waals surface area contributed by atoms with Crippen molar-refractivity contribution in [2.75, 3.05) is 0 Å². The summed E-state index contributed by atoms with van der Waals surface area (Å²) in [4.78, 5) is 15.9. The molecule has 0 saturated heterocycles. The van der Waals surface area contributed by atoms with Gasteiger partial charge in [0.2, 0.25) is 5.89 Å². The SMILES string of the molecule is CCC(CC)NC(=O)c1coc(C(N)CC)n1. The summed E-state index contributed by atoms with van der Waals surface area (Å²) in [7, 11) is 0. The van der Waals surface area contributed by atoms with Crippen LogP contribution in [0.3, 0.4) is 0 Å². The smallest absolute Gasteiger partial charge is 0.273 e. The van der Waals surface area contributed by atoms with E-state index in [1.165, 1.54) is 6.26 Å². The van der Waals surface area contributed by atoms with Crippen LogP contribution < -0.4 is 11.1 Å². The Bertz CT molecular complexity index is 358. The molecule has 0 spiro atoms. The molecule has 5 nitrogen and oxygen atoms in total.